The maximum atomic E-state index is 4.69. The standard InChI is InChI=1S/C25H46N.C2H5ClO/c1-4-5-6-7-8-9-10-11-12-13-14-15-16-20-23-26(2,3)24-25-21-18-17-19-22-25;1-2-4-3/h17-19,21-22H,4-16,20,23-24H2,1-3H3;2H2,1H3/q+1;. The maximum absolute atomic E-state index is 4.69. The summed E-state index contributed by atoms with van der Waals surface area (Å²) < 4.78 is 5.13. The van der Waals surface area contributed by atoms with Gasteiger partial charge < -0.3 is 4.48 Å². The van der Waals surface area contributed by atoms with Gasteiger partial charge >= 0.3 is 0 Å². The van der Waals surface area contributed by atoms with Crippen molar-refractivity contribution in [2.45, 2.75) is 110 Å². The molecule has 0 atom stereocenters. The lowest BCUT2D eigenvalue weighted by Crippen LogP contribution is -2.39. The Labute approximate surface area is 194 Å². The molecular formula is C27H51ClNO+. The third-order valence-corrected chi connectivity index (χ3v) is 5.90. The molecule has 176 valence electrons. The molecule has 0 aliphatic heterocycles. The van der Waals surface area contributed by atoms with Gasteiger partial charge in [0.25, 0.3) is 0 Å². The third-order valence-electron chi connectivity index (χ3n) is 5.68. The molecule has 0 N–H and O–H groups in total. The summed E-state index contributed by atoms with van der Waals surface area (Å²) in [6, 6.07) is 10.9. The van der Waals surface area contributed by atoms with Crippen LogP contribution in [0.1, 0.15) is 109 Å². The molecule has 3 heteroatoms. The second kappa shape index (κ2) is 21.7. The number of hydrogen-bond donors (Lipinski definition) is 0. The molecule has 1 aromatic rings. The average molecular weight is 441 g/mol. The first-order chi connectivity index (χ1) is 14.6. The molecule has 0 radical (unpaired) electrons. The van der Waals surface area contributed by atoms with Gasteiger partial charge in [0.15, 0.2) is 0 Å². The fourth-order valence-electron chi connectivity index (χ4n) is 3.89. The van der Waals surface area contributed by atoms with Crippen LogP contribution < -0.4 is 0 Å². The fraction of sp³-hybridized carbons (Fsp3) is 0.778. The predicted molar refractivity (Wildman–Crippen MR) is 135 cm³/mol. The van der Waals surface area contributed by atoms with E-state index in [1.807, 2.05) is 6.92 Å². The molecule has 0 spiro atoms. The van der Waals surface area contributed by atoms with Crippen molar-refractivity contribution in [3.05, 3.63) is 35.9 Å². The molecule has 0 heterocycles. The van der Waals surface area contributed by atoms with E-state index in [0.29, 0.717) is 6.61 Å². The van der Waals surface area contributed by atoms with E-state index in [-0.39, 0.29) is 0 Å². The Morgan fingerprint density at radius 2 is 1.07 bits per heavy atom. The van der Waals surface area contributed by atoms with Gasteiger partial charge in [0.05, 0.1) is 39.1 Å². The molecule has 0 unspecified atom stereocenters. The topological polar surface area (TPSA) is 9.23 Å². The van der Waals surface area contributed by atoms with Gasteiger partial charge in [-0.05, 0) is 19.8 Å². The summed E-state index contributed by atoms with van der Waals surface area (Å²) >= 11 is 4.69. The zero-order valence-electron chi connectivity index (χ0n) is 20.6. The van der Waals surface area contributed by atoms with Gasteiger partial charge in [-0.2, -0.15) is 0 Å². The highest BCUT2D eigenvalue weighted by molar-refractivity contribution is 6.07. The Balaban J connectivity index is 0.00000192. The number of hydrogen-bond acceptors (Lipinski definition) is 1. The van der Waals surface area contributed by atoms with Gasteiger partial charge in [-0.15, -0.1) is 0 Å². The number of rotatable bonds is 18. The number of nitrogens with zero attached hydrogens (tertiary/aromatic N) is 1. The molecule has 0 aliphatic rings. The number of halogens is 1. The largest absolute Gasteiger partial charge is 0.325 e. The van der Waals surface area contributed by atoms with Gasteiger partial charge in [0, 0.05) is 5.56 Å². The number of unbranched alkanes of at least 4 members (excludes halogenated alkanes) is 13. The lowest BCUT2D eigenvalue weighted by molar-refractivity contribution is -0.903. The van der Waals surface area contributed by atoms with Crippen molar-refractivity contribution in [2.24, 2.45) is 0 Å². The first kappa shape index (κ1) is 29.4. The molecule has 0 amide bonds. The van der Waals surface area contributed by atoms with E-state index in [4.69, 9.17) is 0 Å². The normalized spacial score (nSPS) is 11.2. The second-order valence-electron chi connectivity index (χ2n) is 9.30. The summed E-state index contributed by atoms with van der Waals surface area (Å²) in [5, 5.41) is 0. The maximum Gasteiger partial charge on any atom is 0.104 e. The van der Waals surface area contributed by atoms with Crippen LogP contribution in [-0.2, 0) is 10.8 Å². The summed E-state index contributed by atoms with van der Waals surface area (Å²) in [6.07, 6.45) is 20.2. The van der Waals surface area contributed by atoms with E-state index in [1.54, 1.807) is 0 Å². The molecule has 0 saturated carbocycles. The smallest absolute Gasteiger partial charge is 0.104 e. The molecule has 1 aromatic carbocycles. The van der Waals surface area contributed by atoms with Crippen LogP contribution in [0.15, 0.2) is 30.3 Å². The Kier molecular flexibility index (Phi) is 21.2. The molecule has 30 heavy (non-hydrogen) atoms. The van der Waals surface area contributed by atoms with Crippen molar-refractivity contribution in [1.29, 1.82) is 0 Å². The molecular weight excluding hydrogens is 390 g/mol. The minimum Gasteiger partial charge on any atom is -0.325 e. The summed E-state index contributed by atoms with van der Waals surface area (Å²) in [5.74, 6) is 0. The quantitative estimate of drug-likeness (QED) is 0.163. The van der Waals surface area contributed by atoms with Crippen molar-refractivity contribution in [1.82, 2.24) is 0 Å². The SMILES string of the molecule is CCCCCCCCCCCCCCCC[N+](C)(C)Cc1ccccc1.CCOCl. The van der Waals surface area contributed by atoms with Crippen molar-refractivity contribution in [2.75, 3.05) is 27.2 Å². The highest BCUT2D eigenvalue weighted by Crippen LogP contribution is 2.15. The van der Waals surface area contributed by atoms with E-state index in [9.17, 15) is 0 Å². The molecule has 0 fully saturated rings. The zero-order chi connectivity index (χ0) is 22.3. The molecule has 0 saturated heterocycles. The molecule has 0 aromatic heterocycles. The zero-order valence-corrected chi connectivity index (χ0v) is 21.4. The predicted octanol–water partition coefficient (Wildman–Crippen LogP) is 8.92. The monoisotopic (exact) mass is 440 g/mol. The third kappa shape index (κ3) is 20.7. The average Bonchev–Trinajstić information content (AvgIpc) is 2.74. The first-order valence-electron chi connectivity index (χ1n) is 12.6. The lowest BCUT2D eigenvalue weighted by atomic mass is 10.0. The van der Waals surface area contributed by atoms with Gasteiger partial charge in [-0.25, -0.2) is 0 Å². The van der Waals surface area contributed by atoms with Crippen LogP contribution in [0.25, 0.3) is 0 Å². The number of quaternary nitrogens is 1. The van der Waals surface area contributed by atoms with Gasteiger partial charge in [-0.1, -0.05) is 114 Å². The second-order valence-corrected chi connectivity index (χ2v) is 9.52. The van der Waals surface area contributed by atoms with Gasteiger partial charge in [-0.3, -0.25) is 4.29 Å². The number of benzene rings is 1. The summed E-state index contributed by atoms with van der Waals surface area (Å²) in [5.41, 5.74) is 1.46. The Hall–Kier alpha value is -0.570. The van der Waals surface area contributed by atoms with E-state index in [2.05, 4.69) is 67.5 Å². The molecule has 0 aliphatic carbocycles. The Morgan fingerprint density at radius 3 is 1.47 bits per heavy atom. The highest BCUT2D eigenvalue weighted by atomic mass is 35.5. The summed E-state index contributed by atoms with van der Waals surface area (Å²) in [7, 11) is 4.74. The van der Waals surface area contributed by atoms with Crippen molar-refractivity contribution < 1.29 is 8.77 Å². The van der Waals surface area contributed by atoms with Crippen LogP contribution in [0.5, 0.6) is 0 Å². The highest BCUT2D eigenvalue weighted by Gasteiger charge is 2.14. The van der Waals surface area contributed by atoms with Gasteiger partial charge in [0.1, 0.15) is 6.54 Å². The van der Waals surface area contributed by atoms with E-state index >= 15 is 0 Å². The first-order valence-corrected chi connectivity index (χ1v) is 13.0. The van der Waals surface area contributed by atoms with Crippen LogP contribution >= 0.6 is 11.9 Å². The van der Waals surface area contributed by atoms with Crippen LogP contribution in [0.4, 0.5) is 0 Å². The molecule has 0 bridgehead atoms. The van der Waals surface area contributed by atoms with E-state index in [1.165, 1.54) is 102 Å². The Bertz CT molecular complexity index is 447. The molecule has 2 nitrogen and oxygen atoms in total. The van der Waals surface area contributed by atoms with Crippen molar-refractivity contribution >= 4 is 11.9 Å². The lowest BCUT2D eigenvalue weighted by Gasteiger charge is -2.30. The van der Waals surface area contributed by atoms with Crippen LogP contribution in [0.2, 0.25) is 0 Å². The summed E-state index contributed by atoms with van der Waals surface area (Å²) in [4.78, 5) is 0. The molecule has 1 rings (SSSR count). The summed E-state index contributed by atoms with van der Waals surface area (Å²) in [6.45, 7) is 7.16. The van der Waals surface area contributed by atoms with Crippen LogP contribution in [0, 0.1) is 0 Å². The minimum absolute atomic E-state index is 0.585. The van der Waals surface area contributed by atoms with E-state index < -0.39 is 0 Å². The van der Waals surface area contributed by atoms with Crippen LogP contribution in [0.3, 0.4) is 0 Å². The van der Waals surface area contributed by atoms with Gasteiger partial charge in [0.2, 0.25) is 0 Å². The Morgan fingerprint density at radius 1 is 0.667 bits per heavy atom. The van der Waals surface area contributed by atoms with Crippen molar-refractivity contribution in [3.63, 3.8) is 0 Å². The fourth-order valence-corrected chi connectivity index (χ4v) is 3.89. The van der Waals surface area contributed by atoms with Crippen LogP contribution in [-0.4, -0.2) is 31.7 Å². The minimum atomic E-state index is 0.585. The van der Waals surface area contributed by atoms with E-state index in [0.717, 1.165) is 11.0 Å². The van der Waals surface area contributed by atoms with Crippen molar-refractivity contribution in [3.8, 4) is 0 Å².